The van der Waals surface area contributed by atoms with Crippen LogP contribution in [0.3, 0.4) is 0 Å². The highest BCUT2D eigenvalue weighted by Crippen LogP contribution is 2.24. The number of aromatic nitrogens is 1. The molecule has 1 aromatic rings. The third kappa shape index (κ3) is 3.49. The molecule has 20 heavy (non-hydrogen) atoms. The van der Waals surface area contributed by atoms with Crippen molar-refractivity contribution in [3.8, 4) is 0 Å². The van der Waals surface area contributed by atoms with Gasteiger partial charge in [-0.15, -0.1) is 0 Å². The number of nitrogens with zero attached hydrogens (tertiary/aromatic N) is 3. The Morgan fingerprint density at radius 2 is 2.20 bits per heavy atom. The van der Waals surface area contributed by atoms with Gasteiger partial charge in [-0.25, -0.2) is 4.98 Å². The Morgan fingerprint density at radius 1 is 1.40 bits per heavy atom. The maximum absolute atomic E-state index is 4.62. The molecule has 1 atom stereocenters. The highest BCUT2D eigenvalue weighted by atomic mass is 15.3. The van der Waals surface area contributed by atoms with Gasteiger partial charge in [0.25, 0.3) is 0 Å². The summed E-state index contributed by atoms with van der Waals surface area (Å²) in [5.74, 6) is 1.16. The average molecular weight is 276 g/mol. The lowest BCUT2D eigenvalue weighted by molar-refractivity contribution is 0.176. The Bertz CT molecular complexity index is 419. The molecule has 4 heteroatoms. The first kappa shape index (κ1) is 15.3. The van der Waals surface area contributed by atoms with E-state index in [1.165, 1.54) is 5.56 Å². The highest BCUT2D eigenvalue weighted by Gasteiger charge is 2.29. The van der Waals surface area contributed by atoms with Crippen LogP contribution in [0, 0.1) is 6.92 Å². The van der Waals surface area contributed by atoms with Gasteiger partial charge in [0.05, 0.1) is 0 Å². The van der Waals surface area contributed by atoms with E-state index in [1.54, 1.807) is 0 Å². The fourth-order valence-electron chi connectivity index (χ4n) is 2.96. The third-order valence-electron chi connectivity index (χ3n) is 4.23. The molecule has 1 N–H and O–H groups in total. The van der Waals surface area contributed by atoms with E-state index in [-0.39, 0.29) is 0 Å². The standard InChI is InChI=1S/C16H28N4/c1-13(2)19-10-11-20(15(12-19)7-9-17-4)16-14(3)6-5-8-18-16/h5-6,8,13,15,17H,7,9-12H2,1-4H3. The first-order chi connectivity index (χ1) is 9.63. The van der Waals surface area contributed by atoms with Crippen LogP contribution in [0.1, 0.15) is 25.8 Å². The van der Waals surface area contributed by atoms with Gasteiger partial charge in [0.15, 0.2) is 0 Å². The zero-order chi connectivity index (χ0) is 14.5. The molecule has 1 aromatic heterocycles. The molecule has 1 aliphatic heterocycles. The maximum atomic E-state index is 4.62. The monoisotopic (exact) mass is 276 g/mol. The fraction of sp³-hybridized carbons (Fsp3) is 0.688. The van der Waals surface area contributed by atoms with Crippen LogP contribution in [0.15, 0.2) is 18.3 Å². The van der Waals surface area contributed by atoms with E-state index in [0.29, 0.717) is 12.1 Å². The Hall–Kier alpha value is -1.13. The Balaban J connectivity index is 2.15. The molecule has 2 rings (SSSR count). The summed E-state index contributed by atoms with van der Waals surface area (Å²) in [4.78, 5) is 9.70. The van der Waals surface area contributed by atoms with Crippen LogP contribution in [0.4, 0.5) is 5.82 Å². The molecule has 0 radical (unpaired) electrons. The van der Waals surface area contributed by atoms with Gasteiger partial charge < -0.3 is 10.2 Å². The molecular formula is C16H28N4. The van der Waals surface area contributed by atoms with E-state index in [4.69, 9.17) is 0 Å². The summed E-state index contributed by atoms with van der Waals surface area (Å²) in [5, 5.41) is 3.28. The molecular weight excluding hydrogens is 248 g/mol. The number of pyridine rings is 1. The minimum Gasteiger partial charge on any atom is -0.351 e. The minimum atomic E-state index is 0.548. The van der Waals surface area contributed by atoms with E-state index in [2.05, 4.69) is 46.9 Å². The molecule has 0 bridgehead atoms. The number of piperazine rings is 1. The molecule has 1 saturated heterocycles. The predicted molar refractivity (Wildman–Crippen MR) is 85.4 cm³/mol. The molecule has 4 nitrogen and oxygen atoms in total. The van der Waals surface area contributed by atoms with Gasteiger partial charge in [-0.3, -0.25) is 4.90 Å². The van der Waals surface area contributed by atoms with Crippen LogP contribution in [-0.4, -0.2) is 55.2 Å². The molecule has 112 valence electrons. The van der Waals surface area contributed by atoms with Crippen molar-refractivity contribution in [1.29, 1.82) is 0 Å². The van der Waals surface area contributed by atoms with E-state index >= 15 is 0 Å². The molecule has 1 fully saturated rings. The van der Waals surface area contributed by atoms with Gasteiger partial charge >= 0.3 is 0 Å². The van der Waals surface area contributed by atoms with Gasteiger partial charge in [-0.2, -0.15) is 0 Å². The molecule has 0 amide bonds. The van der Waals surface area contributed by atoms with Crippen molar-refractivity contribution >= 4 is 5.82 Å². The summed E-state index contributed by atoms with van der Waals surface area (Å²) < 4.78 is 0. The van der Waals surface area contributed by atoms with Gasteiger partial charge in [0.1, 0.15) is 5.82 Å². The van der Waals surface area contributed by atoms with Crippen molar-refractivity contribution in [2.45, 2.75) is 39.3 Å². The average Bonchev–Trinajstić information content (AvgIpc) is 2.45. The normalized spacial score (nSPS) is 20.6. The third-order valence-corrected chi connectivity index (χ3v) is 4.23. The summed E-state index contributed by atoms with van der Waals surface area (Å²) in [6.07, 6.45) is 3.07. The Morgan fingerprint density at radius 3 is 2.85 bits per heavy atom. The summed E-state index contributed by atoms with van der Waals surface area (Å²) in [7, 11) is 2.03. The number of rotatable bonds is 5. The maximum Gasteiger partial charge on any atom is 0.131 e. The second kappa shape index (κ2) is 7.04. The zero-order valence-corrected chi connectivity index (χ0v) is 13.3. The summed E-state index contributed by atoms with van der Waals surface area (Å²) >= 11 is 0. The molecule has 0 aliphatic carbocycles. The van der Waals surface area contributed by atoms with Gasteiger partial charge in [0, 0.05) is 37.9 Å². The van der Waals surface area contributed by atoms with Gasteiger partial charge in [0.2, 0.25) is 0 Å². The second-order valence-electron chi connectivity index (χ2n) is 5.97. The SMILES string of the molecule is CNCCC1CN(C(C)C)CCN1c1ncccc1C. The number of aryl methyl sites for hydroxylation is 1. The molecule has 1 aliphatic rings. The molecule has 0 aromatic carbocycles. The van der Waals surface area contributed by atoms with Crippen LogP contribution in [-0.2, 0) is 0 Å². The lowest BCUT2D eigenvalue weighted by atomic mass is 10.1. The topological polar surface area (TPSA) is 31.4 Å². The van der Waals surface area contributed by atoms with Crippen molar-refractivity contribution in [1.82, 2.24) is 15.2 Å². The Kier molecular flexibility index (Phi) is 5.38. The largest absolute Gasteiger partial charge is 0.351 e. The van der Waals surface area contributed by atoms with Crippen LogP contribution < -0.4 is 10.2 Å². The number of nitrogens with one attached hydrogen (secondary N) is 1. The van der Waals surface area contributed by atoms with E-state index in [1.807, 2.05) is 19.3 Å². The van der Waals surface area contributed by atoms with E-state index < -0.39 is 0 Å². The number of hydrogen-bond acceptors (Lipinski definition) is 4. The highest BCUT2D eigenvalue weighted by molar-refractivity contribution is 5.47. The smallest absolute Gasteiger partial charge is 0.131 e. The van der Waals surface area contributed by atoms with Gasteiger partial charge in [-0.05, 0) is 52.4 Å². The predicted octanol–water partition coefficient (Wildman–Crippen LogP) is 1.90. The van der Waals surface area contributed by atoms with Crippen molar-refractivity contribution < 1.29 is 0 Å². The lowest BCUT2D eigenvalue weighted by Gasteiger charge is -2.44. The molecule has 1 unspecified atom stereocenters. The summed E-state index contributed by atoms with van der Waals surface area (Å²) in [6.45, 7) is 11.1. The van der Waals surface area contributed by atoms with Gasteiger partial charge in [-0.1, -0.05) is 6.07 Å². The number of anilines is 1. The van der Waals surface area contributed by atoms with Crippen molar-refractivity contribution in [3.63, 3.8) is 0 Å². The molecule has 2 heterocycles. The quantitative estimate of drug-likeness (QED) is 0.890. The Labute approximate surface area is 123 Å². The summed E-state index contributed by atoms with van der Waals surface area (Å²) in [6, 6.07) is 5.35. The van der Waals surface area contributed by atoms with Crippen molar-refractivity contribution in [2.75, 3.05) is 38.1 Å². The van der Waals surface area contributed by atoms with E-state index in [9.17, 15) is 0 Å². The first-order valence-corrected chi connectivity index (χ1v) is 7.70. The minimum absolute atomic E-state index is 0.548. The van der Waals surface area contributed by atoms with Crippen LogP contribution in [0.5, 0.6) is 0 Å². The molecule has 0 saturated carbocycles. The van der Waals surface area contributed by atoms with Crippen LogP contribution >= 0.6 is 0 Å². The first-order valence-electron chi connectivity index (χ1n) is 7.70. The number of hydrogen-bond donors (Lipinski definition) is 1. The second-order valence-corrected chi connectivity index (χ2v) is 5.97. The lowest BCUT2D eigenvalue weighted by Crippen LogP contribution is -2.56. The van der Waals surface area contributed by atoms with Crippen molar-refractivity contribution in [2.24, 2.45) is 0 Å². The van der Waals surface area contributed by atoms with Crippen LogP contribution in [0.2, 0.25) is 0 Å². The van der Waals surface area contributed by atoms with Crippen molar-refractivity contribution in [3.05, 3.63) is 23.9 Å². The van der Waals surface area contributed by atoms with E-state index in [0.717, 1.165) is 38.4 Å². The zero-order valence-electron chi connectivity index (χ0n) is 13.3. The van der Waals surface area contributed by atoms with Crippen LogP contribution in [0.25, 0.3) is 0 Å². The fourth-order valence-corrected chi connectivity index (χ4v) is 2.96. The molecule has 0 spiro atoms. The summed E-state index contributed by atoms with van der Waals surface area (Å²) in [5.41, 5.74) is 1.28.